The Hall–Kier alpha value is -2.34. The van der Waals surface area contributed by atoms with Gasteiger partial charge in [0.2, 0.25) is 0 Å². The fourth-order valence-corrected chi connectivity index (χ4v) is 3.25. The second-order valence-corrected chi connectivity index (χ2v) is 6.74. The molecule has 1 N–H and O–H groups in total. The van der Waals surface area contributed by atoms with Crippen molar-refractivity contribution in [2.24, 2.45) is 5.92 Å². The van der Waals surface area contributed by atoms with Crippen molar-refractivity contribution >= 4 is 5.91 Å². The first kappa shape index (κ1) is 17.5. The molecule has 1 aliphatic heterocycles. The number of nitrogens with one attached hydrogen (secondary N) is 1. The second kappa shape index (κ2) is 8.16. The lowest BCUT2D eigenvalue weighted by Crippen LogP contribution is -2.40. The molecule has 0 spiro atoms. The van der Waals surface area contributed by atoms with Crippen LogP contribution in [0.4, 0.5) is 0 Å². The van der Waals surface area contributed by atoms with Gasteiger partial charge in [-0.1, -0.05) is 13.0 Å². The van der Waals surface area contributed by atoms with Gasteiger partial charge in [-0.25, -0.2) is 0 Å². The van der Waals surface area contributed by atoms with E-state index in [9.17, 15) is 9.59 Å². The van der Waals surface area contributed by atoms with E-state index in [1.54, 1.807) is 30.5 Å². The van der Waals surface area contributed by atoms with Crippen LogP contribution in [0.5, 0.6) is 0 Å². The molecule has 0 radical (unpaired) electrons. The van der Waals surface area contributed by atoms with Crippen molar-refractivity contribution in [3.8, 4) is 0 Å². The lowest BCUT2D eigenvalue weighted by molar-refractivity contribution is 0.0914. The molecule has 1 aliphatic rings. The number of likely N-dealkylation sites (tertiary alicyclic amines) is 1. The zero-order chi connectivity index (χ0) is 17.6. The minimum absolute atomic E-state index is 0.0966. The average molecular weight is 343 g/mol. The van der Waals surface area contributed by atoms with E-state index in [2.05, 4.69) is 17.1 Å². The molecule has 3 heterocycles. The Labute approximate surface area is 147 Å². The summed E-state index contributed by atoms with van der Waals surface area (Å²) >= 11 is 0. The van der Waals surface area contributed by atoms with Gasteiger partial charge in [0.05, 0.1) is 6.54 Å². The monoisotopic (exact) mass is 343 g/mol. The van der Waals surface area contributed by atoms with Crippen molar-refractivity contribution in [2.75, 3.05) is 26.2 Å². The van der Waals surface area contributed by atoms with E-state index in [0.29, 0.717) is 18.8 Å². The predicted octanol–water partition coefficient (Wildman–Crippen LogP) is 1.95. The van der Waals surface area contributed by atoms with E-state index in [1.807, 2.05) is 0 Å². The first-order valence-corrected chi connectivity index (χ1v) is 8.86. The summed E-state index contributed by atoms with van der Waals surface area (Å²) in [4.78, 5) is 26.3. The molecule has 6 heteroatoms. The van der Waals surface area contributed by atoms with Gasteiger partial charge in [-0.3, -0.25) is 9.59 Å². The molecule has 0 aromatic carbocycles. The zero-order valence-electron chi connectivity index (χ0n) is 14.6. The summed E-state index contributed by atoms with van der Waals surface area (Å²) in [5, 5.41) is 2.91. The summed E-state index contributed by atoms with van der Waals surface area (Å²) in [6.07, 6.45) is 4.22. The minimum atomic E-state index is -0.211. The number of rotatable bonds is 6. The van der Waals surface area contributed by atoms with Gasteiger partial charge in [0.25, 0.3) is 11.5 Å². The summed E-state index contributed by atoms with van der Waals surface area (Å²) in [5.74, 6) is 1.39. The quantitative estimate of drug-likeness (QED) is 0.870. The van der Waals surface area contributed by atoms with Crippen LogP contribution in [0, 0.1) is 5.92 Å². The number of hydrogen-bond acceptors (Lipinski definition) is 4. The highest BCUT2D eigenvalue weighted by Gasteiger charge is 2.16. The zero-order valence-corrected chi connectivity index (χ0v) is 14.6. The summed E-state index contributed by atoms with van der Waals surface area (Å²) < 4.78 is 7.12. The summed E-state index contributed by atoms with van der Waals surface area (Å²) in [6.45, 7) is 6.28. The van der Waals surface area contributed by atoms with Gasteiger partial charge in [0, 0.05) is 31.9 Å². The topological polar surface area (TPSA) is 67.5 Å². The van der Waals surface area contributed by atoms with Crippen LogP contribution in [0.15, 0.2) is 45.7 Å². The molecule has 1 saturated heterocycles. The number of carbonyl (C=O) groups is 1. The van der Waals surface area contributed by atoms with Crippen molar-refractivity contribution in [2.45, 2.75) is 26.3 Å². The fourth-order valence-electron chi connectivity index (χ4n) is 3.25. The van der Waals surface area contributed by atoms with Gasteiger partial charge >= 0.3 is 0 Å². The van der Waals surface area contributed by atoms with E-state index in [0.717, 1.165) is 25.6 Å². The fraction of sp³-hybridized carbons (Fsp3) is 0.474. The Bertz CT molecular complexity index is 765. The van der Waals surface area contributed by atoms with Crippen molar-refractivity contribution in [1.82, 2.24) is 14.8 Å². The molecule has 2 aromatic rings. The number of aromatic nitrogens is 1. The Morgan fingerprint density at radius 2 is 2.20 bits per heavy atom. The maximum atomic E-state index is 12.2. The molecule has 1 fully saturated rings. The molecule has 1 atom stereocenters. The molecule has 0 bridgehead atoms. The molecule has 134 valence electrons. The Morgan fingerprint density at radius 3 is 3.00 bits per heavy atom. The largest absolute Gasteiger partial charge is 0.454 e. The minimum Gasteiger partial charge on any atom is -0.454 e. The van der Waals surface area contributed by atoms with Gasteiger partial charge in [-0.15, -0.1) is 0 Å². The van der Waals surface area contributed by atoms with Gasteiger partial charge in [0.1, 0.15) is 5.76 Å². The summed E-state index contributed by atoms with van der Waals surface area (Å²) in [7, 11) is 0. The first-order chi connectivity index (χ1) is 12.1. The number of piperidine rings is 1. The van der Waals surface area contributed by atoms with Crippen LogP contribution in [0.25, 0.3) is 0 Å². The van der Waals surface area contributed by atoms with E-state index in [-0.39, 0.29) is 17.2 Å². The third-order valence-corrected chi connectivity index (χ3v) is 4.57. The molecule has 1 amide bonds. The number of amides is 1. The Morgan fingerprint density at radius 1 is 1.32 bits per heavy atom. The van der Waals surface area contributed by atoms with Crippen LogP contribution in [0.2, 0.25) is 0 Å². The highest BCUT2D eigenvalue weighted by atomic mass is 16.4. The molecule has 2 aromatic heterocycles. The normalized spacial score (nSPS) is 18.2. The number of carbonyl (C=O) groups excluding carboxylic acids is 1. The highest BCUT2D eigenvalue weighted by molar-refractivity contribution is 5.91. The summed E-state index contributed by atoms with van der Waals surface area (Å²) in [6, 6.07) is 8.38. The standard InChI is InChI=1S/C19H25N3O3/c1-15-5-4-10-21(13-15)12-9-20-19(24)17-8-7-16(25-17)14-22-11-3-2-6-18(22)23/h2-3,6-8,11,15H,4-5,9-10,12-14H2,1H3,(H,20,24)/t15-/m0/s1. The molecule has 6 nitrogen and oxygen atoms in total. The second-order valence-electron chi connectivity index (χ2n) is 6.74. The van der Waals surface area contributed by atoms with Crippen LogP contribution < -0.4 is 10.9 Å². The van der Waals surface area contributed by atoms with Crippen molar-refractivity contribution in [3.05, 3.63) is 58.4 Å². The van der Waals surface area contributed by atoms with Crippen LogP contribution in [0.3, 0.4) is 0 Å². The van der Waals surface area contributed by atoms with E-state index >= 15 is 0 Å². The van der Waals surface area contributed by atoms with Crippen molar-refractivity contribution in [3.63, 3.8) is 0 Å². The molecular weight excluding hydrogens is 318 g/mol. The lowest BCUT2D eigenvalue weighted by Gasteiger charge is -2.30. The average Bonchev–Trinajstić information content (AvgIpc) is 3.06. The number of nitrogens with zero attached hydrogens (tertiary/aromatic N) is 2. The van der Waals surface area contributed by atoms with E-state index in [1.165, 1.54) is 23.5 Å². The maximum Gasteiger partial charge on any atom is 0.287 e. The highest BCUT2D eigenvalue weighted by Crippen LogP contribution is 2.14. The molecule has 3 rings (SSSR count). The third kappa shape index (κ3) is 4.82. The van der Waals surface area contributed by atoms with Gasteiger partial charge in [0.15, 0.2) is 5.76 Å². The Balaban J connectivity index is 1.49. The van der Waals surface area contributed by atoms with Crippen LogP contribution in [0.1, 0.15) is 36.1 Å². The lowest BCUT2D eigenvalue weighted by atomic mass is 10.0. The van der Waals surface area contributed by atoms with Gasteiger partial charge < -0.3 is 19.2 Å². The molecule has 25 heavy (non-hydrogen) atoms. The number of furan rings is 1. The molecular formula is C19H25N3O3. The van der Waals surface area contributed by atoms with Gasteiger partial charge in [-0.2, -0.15) is 0 Å². The van der Waals surface area contributed by atoms with Crippen molar-refractivity contribution in [1.29, 1.82) is 0 Å². The number of hydrogen-bond donors (Lipinski definition) is 1. The molecule has 0 aliphatic carbocycles. The van der Waals surface area contributed by atoms with Crippen LogP contribution in [-0.4, -0.2) is 41.6 Å². The van der Waals surface area contributed by atoms with E-state index < -0.39 is 0 Å². The first-order valence-electron chi connectivity index (χ1n) is 8.86. The van der Waals surface area contributed by atoms with Crippen molar-refractivity contribution < 1.29 is 9.21 Å². The summed E-state index contributed by atoms with van der Waals surface area (Å²) in [5.41, 5.74) is -0.0966. The third-order valence-electron chi connectivity index (χ3n) is 4.57. The van der Waals surface area contributed by atoms with E-state index in [4.69, 9.17) is 4.42 Å². The molecule has 0 unspecified atom stereocenters. The molecule has 0 saturated carbocycles. The predicted molar refractivity (Wildman–Crippen MR) is 95.7 cm³/mol. The van der Waals surface area contributed by atoms with Crippen LogP contribution in [-0.2, 0) is 6.54 Å². The smallest absolute Gasteiger partial charge is 0.287 e. The number of pyridine rings is 1. The van der Waals surface area contributed by atoms with Crippen LogP contribution >= 0.6 is 0 Å². The SMILES string of the molecule is C[C@H]1CCCN(CCNC(=O)c2ccc(Cn3ccccc3=O)o2)C1. The van der Waals surface area contributed by atoms with Gasteiger partial charge in [-0.05, 0) is 43.5 Å². The maximum absolute atomic E-state index is 12.2. The Kier molecular flexibility index (Phi) is 5.71.